The van der Waals surface area contributed by atoms with Crippen molar-refractivity contribution in [2.45, 2.75) is 11.8 Å². The van der Waals surface area contributed by atoms with Crippen LogP contribution in [0.1, 0.15) is 11.1 Å². The van der Waals surface area contributed by atoms with Crippen molar-refractivity contribution in [3.8, 4) is 5.75 Å². The van der Waals surface area contributed by atoms with Gasteiger partial charge in [0.25, 0.3) is 10.0 Å². The van der Waals surface area contributed by atoms with Gasteiger partial charge >= 0.3 is 0 Å². The maximum atomic E-state index is 12.4. The normalized spacial score (nSPS) is 11.6. The molecule has 0 aliphatic carbocycles. The summed E-state index contributed by atoms with van der Waals surface area (Å²) in [7, 11) is -0.628. The summed E-state index contributed by atoms with van der Waals surface area (Å²) in [4.78, 5) is 0.215. The van der Waals surface area contributed by atoms with Gasteiger partial charge < -0.3 is 4.74 Å². The van der Waals surface area contributed by atoms with Crippen LogP contribution in [0.2, 0.25) is 0 Å². The van der Waals surface area contributed by atoms with E-state index < -0.39 is 10.0 Å². The van der Waals surface area contributed by atoms with Crippen molar-refractivity contribution in [1.82, 2.24) is 4.41 Å². The molecule has 0 aliphatic rings. The Bertz CT molecular complexity index is 751. The SMILES string of the molecule is COc1ccc(C=NN(C)S(=O)(=O)c2ccc(C)cc2)cc1. The molecule has 0 atom stereocenters. The number of hydrogen-bond acceptors (Lipinski definition) is 4. The van der Waals surface area contributed by atoms with E-state index >= 15 is 0 Å². The van der Waals surface area contributed by atoms with Gasteiger partial charge in [0.15, 0.2) is 0 Å². The van der Waals surface area contributed by atoms with Crippen molar-refractivity contribution in [3.63, 3.8) is 0 Å². The lowest BCUT2D eigenvalue weighted by Crippen LogP contribution is -2.21. The summed E-state index contributed by atoms with van der Waals surface area (Å²) in [5, 5.41) is 4.00. The highest BCUT2D eigenvalue weighted by Crippen LogP contribution is 2.15. The smallest absolute Gasteiger partial charge is 0.278 e. The van der Waals surface area contributed by atoms with Crippen molar-refractivity contribution >= 4 is 16.2 Å². The molecule has 116 valence electrons. The van der Waals surface area contributed by atoms with Crippen LogP contribution in [0, 0.1) is 6.92 Å². The number of nitrogens with zero attached hydrogens (tertiary/aromatic N) is 2. The highest BCUT2D eigenvalue weighted by molar-refractivity contribution is 7.89. The van der Waals surface area contributed by atoms with Crippen LogP contribution in [0.5, 0.6) is 5.75 Å². The first-order chi connectivity index (χ1) is 10.4. The minimum atomic E-state index is -3.63. The van der Waals surface area contributed by atoms with E-state index in [0.29, 0.717) is 0 Å². The summed E-state index contributed by atoms with van der Waals surface area (Å²) >= 11 is 0. The van der Waals surface area contributed by atoms with Crippen LogP contribution in [0.15, 0.2) is 58.5 Å². The minimum absolute atomic E-state index is 0.215. The number of benzene rings is 2. The molecule has 0 saturated heterocycles. The zero-order valence-electron chi connectivity index (χ0n) is 12.7. The lowest BCUT2D eigenvalue weighted by Gasteiger charge is -2.13. The highest BCUT2D eigenvalue weighted by Gasteiger charge is 2.18. The second-order valence-corrected chi connectivity index (χ2v) is 6.72. The molecule has 0 amide bonds. The van der Waals surface area contributed by atoms with Crippen molar-refractivity contribution in [2.24, 2.45) is 5.10 Å². The summed E-state index contributed by atoms with van der Waals surface area (Å²) < 4.78 is 30.7. The van der Waals surface area contributed by atoms with E-state index in [4.69, 9.17) is 4.74 Å². The molecule has 2 aromatic carbocycles. The zero-order valence-corrected chi connectivity index (χ0v) is 13.5. The maximum Gasteiger partial charge on any atom is 0.278 e. The largest absolute Gasteiger partial charge is 0.497 e. The second-order valence-electron chi connectivity index (χ2n) is 4.77. The Kier molecular flexibility index (Phi) is 4.82. The molecule has 6 heteroatoms. The van der Waals surface area contributed by atoms with Crippen molar-refractivity contribution in [3.05, 3.63) is 59.7 Å². The Morgan fingerprint density at radius 1 is 1.05 bits per heavy atom. The van der Waals surface area contributed by atoms with Gasteiger partial charge in [-0.1, -0.05) is 17.7 Å². The quantitative estimate of drug-likeness (QED) is 0.629. The van der Waals surface area contributed by atoms with Crippen molar-refractivity contribution in [2.75, 3.05) is 14.2 Å². The molecule has 22 heavy (non-hydrogen) atoms. The van der Waals surface area contributed by atoms with Crippen LogP contribution in [0.4, 0.5) is 0 Å². The molecule has 0 spiro atoms. The van der Waals surface area contributed by atoms with E-state index in [0.717, 1.165) is 21.3 Å². The summed E-state index contributed by atoms with van der Waals surface area (Å²) in [6, 6.07) is 13.8. The maximum absolute atomic E-state index is 12.4. The Morgan fingerprint density at radius 2 is 1.64 bits per heavy atom. The van der Waals surface area contributed by atoms with Crippen LogP contribution in [-0.4, -0.2) is 33.2 Å². The Morgan fingerprint density at radius 3 is 2.18 bits per heavy atom. The van der Waals surface area contributed by atoms with E-state index in [2.05, 4.69) is 5.10 Å². The fraction of sp³-hybridized carbons (Fsp3) is 0.188. The van der Waals surface area contributed by atoms with Crippen LogP contribution < -0.4 is 4.74 Å². The molecule has 0 fully saturated rings. The Balaban J connectivity index is 2.17. The predicted molar refractivity (Wildman–Crippen MR) is 86.7 cm³/mol. The molecule has 5 nitrogen and oxygen atoms in total. The van der Waals surface area contributed by atoms with Crippen LogP contribution in [0.25, 0.3) is 0 Å². The minimum Gasteiger partial charge on any atom is -0.497 e. The van der Waals surface area contributed by atoms with Gasteiger partial charge in [0.2, 0.25) is 0 Å². The molecule has 0 radical (unpaired) electrons. The van der Waals surface area contributed by atoms with Crippen LogP contribution in [-0.2, 0) is 10.0 Å². The van der Waals surface area contributed by atoms with Gasteiger partial charge in [-0.3, -0.25) is 0 Å². The van der Waals surface area contributed by atoms with Crippen LogP contribution in [0.3, 0.4) is 0 Å². The number of sulfonamides is 1. The first kappa shape index (κ1) is 16.0. The average molecular weight is 318 g/mol. The number of methoxy groups -OCH3 is 1. The monoisotopic (exact) mass is 318 g/mol. The lowest BCUT2D eigenvalue weighted by molar-refractivity contribution is 0.415. The summed E-state index contributed by atoms with van der Waals surface area (Å²) in [6.45, 7) is 1.90. The topological polar surface area (TPSA) is 59.0 Å². The third-order valence-electron chi connectivity index (χ3n) is 3.15. The first-order valence-corrected chi connectivity index (χ1v) is 8.11. The van der Waals surface area contributed by atoms with Gasteiger partial charge in [0.05, 0.1) is 18.2 Å². The third kappa shape index (κ3) is 3.65. The Labute approximate surface area is 130 Å². The number of hydrazone groups is 1. The molecule has 2 rings (SSSR count). The molecule has 0 saturated carbocycles. The Hall–Kier alpha value is -2.34. The molecule has 2 aromatic rings. The van der Waals surface area contributed by atoms with Gasteiger partial charge in [-0.25, -0.2) is 0 Å². The van der Waals surface area contributed by atoms with E-state index in [1.165, 1.54) is 13.3 Å². The molecule has 0 heterocycles. The summed E-state index contributed by atoms with van der Waals surface area (Å²) in [5.41, 5.74) is 1.79. The molecular weight excluding hydrogens is 300 g/mol. The van der Waals surface area contributed by atoms with E-state index in [1.807, 2.05) is 6.92 Å². The van der Waals surface area contributed by atoms with Gasteiger partial charge in [-0.05, 0) is 48.9 Å². The number of hydrogen-bond donors (Lipinski definition) is 0. The number of ether oxygens (including phenoxy) is 1. The molecular formula is C16H18N2O3S. The number of rotatable bonds is 5. The van der Waals surface area contributed by atoms with Gasteiger partial charge in [0.1, 0.15) is 5.75 Å². The van der Waals surface area contributed by atoms with E-state index in [9.17, 15) is 8.42 Å². The average Bonchev–Trinajstić information content (AvgIpc) is 2.53. The zero-order chi connectivity index (χ0) is 16.2. The number of aryl methyl sites for hydroxylation is 1. The second kappa shape index (κ2) is 6.62. The fourth-order valence-electron chi connectivity index (χ4n) is 1.76. The van der Waals surface area contributed by atoms with Crippen molar-refractivity contribution in [1.29, 1.82) is 0 Å². The standard InChI is InChI=1S/C16H18N2O3S/c1-13-4-10-16(11-5-13)22(19,20)18(2)17-12-14-6-8-15(21-3)9-7-14/h4-12H,1-3H3. The fourth-order valence-corrected chi connectivity index (χ4v) is 2.72. The van der Waals surface area contributed by atoms with Crippen molar-refractivity contribution < 1.29 is 13.2 Å². The molecule has 0 unspecified atom stereocenters. The van der Waals surface area contributed by atoms with E-state index in [-0.39, 0.29) is 4.90 Å². The molecule has 0 aliphatic heterocycles. The summed E-state index contributed by atoms with van der Waals surface area (Å²) in [6.07, 6.45) is 1.49. The summed E-state index contributed by atoms with van der Waals surface area (Å²) in [5.74, 6) is 0.734. The first-order valence-electron chi connectivity index (χ1n) is 6.67. The molecule has 0 aromatic heterocycles. The predicted octanol–water partition coefficient (Wildman–Crippen LogP) is 2.66. The van der Waals surface area contributed by atoms with Gasteiger partial charge in [-0.15, -0.1) is 0 Å². The lowest BCUT2D eigenvalue weighted by atomic mass is 10.2. The van der Waals surface area contributed by atoms with Gasteiger partial charge in [-0.2, -0.15) is 17.9 Å². The van der Waals surface area contributed by atoms with Crippen LogP contribution >= 0.6 is 0 Å². The highest BCUT2D eigenvalue weighted by atomic mass is 32.2. The third-order valence-corrected chi connectivity index (χ3v) is 4.81. The molecule has 0 N–H and O–H groups in total. The molecule has 0 bridgehead atoms. The van der Waals surface area contributed by atoms with E-state index in [1.54, 1.807) is 55.6 Å². The van der Waals surface area contributed by atoms with Gasteiger partial charge in [0, 0.05) is 7.05 Å².